The number of nitriles is 1. The largest absolute Gasteiger partial charge is 0.490 e. The molecule has 0 heterocycles. The summed E-state index contributed by atoms with van der Waals surface area (Å²) in [6.45, 7) is 5.78. The first-order chi connectivity index (χ1) is 13.6. The normalized spacial score (nSPS) is 10.0. The molecule has 0 bridgehead atoms. The zero-order chi connectivity index (χ0) is 20.2. The number of carbonyl (C=O) groups excluding carboxylic acids is 1. The van der Waals surface area contributed by atoms with Crippen LogP contribution in [0.2, 0.25) is 0 Å². The first-order valence-corrected chi connectivity index (χ1v) is 9.34. The molecule has 0 aromatic heterocycles. The number of nitrogens with one attached hydrogen (secondary N) is 1. The molecule has 0 saturated carbocycles. The number of amides is 1. The van der Waals surface area contributed by atoms with Crippen molar-refractivity contribution in [1.82, 2.24) is 5.32 Å². The van der Waals surface area contributed by atoms with Crippen molar-refractivity contribution in [3.05, 3.63) is 53.6 Å². The smallest absolute Gasteiger partial charge is 0.234 e. The highest BCUT2D eigenvalue weighted by Crippen LogP contribution is 2.28. The van der Waals surface area contributed by atoms with Crippen LogP contribution in [0.5, 0.6) is 17.2 Å². The summed E-state index contributed by atoms with van der Waals surface area (Å²) in [6, 6.07) is 15.4. The number of carbonyl (C=O) groups is 1. The summed E-state index contributed by atoms with van der Waals surface area (Å²) < 4.78 is 17.2. The first kappa shape index (κ1) is 21.1. The zero-order valence-corrected chi connectivity index (χ0v) is 16.4. The van der Waals surface area contributed by atoms with Crippen LogP contribution in [-0.2, 0) is 11.2 Å². The number of rotatable bonds is 11. The fourth-order valence-electron chi connectivity index (χ4n) is 2.52. The van der Waals surface area contributed by atoms with Crippen molar-refractivity contribution in [3.8, 4) is 23.3 Å². The fourth-order valence-corrected chi connectivity index (χ4v) is 2.52. The number of hydrogen-bond acceptors (Lipinski definition) is 5. The SMILES string of the molecule is CCOc1cc(CCNC(=O)CC#N)ccc1OCCOc1ccc(C)cc1. The summed E-state index contributed by atoms with van der Waals surface area (Å²) in [6.07, 6.45) is 0.524. The summed E-state index contributed by atoms with van der Waals surface area (Å²) in [5.74, 6) is 1.87. The van der Waals surface area contributed by atoms with E-state index in [0.717, 1.165) is 11.3 Å². The maximum atomic E-state index is 11.3. The molecular formula is C22H26N2O4. The number of hydrogen-bond donors (Lipinski definition) is 1. The zero-order valence-electron chi connectivity index (χ0n) is 16.4. The van der Waals surface area contributed by atoms with Crippen molar-refractivity contribution in [1.29, 1.82) is 5.26 Å². The quantitative estimate of drug-likeness (QED) is 0.602. The monoisotopic (exact) mass is 382 g/mol. The van der Waals surface area contributed by atoms with Crippen LogP contribution < -0.4 is 19.5 Å². The molecule has 6 heteroatoms. The molecule has 0 saturated heterocycles. The predicted octanol–water partition coefficient (Wildman–Crippen LogP) is 3.42. The summed E-state index contributed by atoms with van der Waals surface area (Å²) in [4.78, 5) is 11.3. The van der Waals surface area contributed by atoms with Gasteiger partial charge in [0.25, 0.3) is 0 Å². The third-order valence-corrected chi connectivity index (χ3v) is 3.91. The van der Waals surface area contributed by atoms with Crippen molar-refractivity contribution in [3.63, 3.8) is 0 Å². The Bertz CT molecular complexity index is 797. The minimum Gasteiger partial charge on any atom is -0.490 e. The van der Waals surface area contributed by atoms with Crippen molar-refractivity contribution in [2.75, 3.05) is 26.4 Å². The summed E-state index contributed by atoms with van der Waals surface area (Å²) in [7, 11) is 0. The summed E-state index contributed by atoms with van der Waals surface area (Å²) >= 11 is 0. The van der Waals surface area contributed by atoms with Gasteiger partial charge in [0.1, 0.15) is 25.4 Å². The number of aryl methyl sites for hydroxylation is 1. The van der Waals surface area contributed by atoms with Crippen LogP contribution >= 0.6 is 0 Å². The van der Waals surface area contributed by atoms with Crippen LogP contribution in [0, 0.1) is 18.3 Å². The Hall–Kier alpha value is -3.20. The van der Waals surface area contributed by atoms with E-state index in [4.69, 9.17) is 19.5 Å². The molecule has 0 aliphatic rings. The highest BCUT2D eigenvalue weighted by Gasteiger charge is 2.08. The molecule has 0 spiro atoms. The Kier molecular flexibility index (Phi) is 8.67. The molecule has 0 aliphatic carbocycles. The lowest BCUT2D eigenvalue weighted by Gasteiger charge is -2.14. The molecule has 2 aromatic rings. The van der Waals surface area contributed by atoms with E-state index in [2.05, 4.69) is 5.32 Å². The van der Waals surface area contributed by atoms with Gasteiger partial charge in [-0.2, -0.15) is 5.26 Å². The van der Waals surface area contributed by atoms with Crippen molar-refractivity contribution >= 4 is 5.91 Å². The van der Waals surface area contributed by atoms with Gasteiger partial charge in [0.05, 0.1) is 12.7 Å². The molecule has 1 N–H and O–H groups in total. The third kappa shape index (κ3) is 7.20. The standard InChI is InChI=1S/C22H26N2O4/c1-3-26-21-16-18(11-13-24-22(25)10-12-23)6-9-20(21)28-15-14-27-19-7-4-17(2)5-8-19/h4-9,16H,3,10-11,13-15H2,1-2H3,(H,24,25). The van der Waals surface area contributed by atoms with E-state index in [0.29, 0.717) is 44.3 Å². The maximum Gasteiger partial charge on any atom is 0.234 e. The third-order valence-electron chi connectivity index (χ3n) is 3.91. The van der Waals surface area contributed by atoms with Gasteiger partial charge in [-0.25, -0.2) is 0 Å². The van der Waals surface area contributed by atoms with Crippen LogP contribution in [-0.4, -0.2) is 32.3 Å². The lowest BCUT2D eigenvalue weighted by atomic mass is 10.1. The minimum atomic E-state index is -0.263. The number of ether oxygens (including phenoxy) is 3. The maximum absolute atomic E-state index is 11.3. The number of benzene rings is 2. The van der Waals surface area contributed by atoms with Crippen LogP contribution in [0.3, 0.4) is 0 Å². The second-order valence-corrected chi connectivity index (χ2v) is 6.16. The van der Waals surface area contributed by atoms with Gasteiger partial charge in [0, 0.05) is 6.54 Å². The average Bonchev–Trinajstić information content (AvgIpc) is 2.68. The van der Waals surface area contributed by atoms with Crippen LogP contribution in [0.1, 0.15) is 24.5 Å². The Morgan fingerprint density at radius 2 is 1.79 bits per heavy atom. The summed E-state index contributed by atoms with van der Waals surface area (Å²) in [5.41, 5.74) is 2.21. The first-order valence-electron chi connectivity index (χ1n) is 9.34. The van der Waals surface area contributed by atoms with E-state index < -0.39 is 0 Å². The lowest BCUT2D eigenvalue weighted by molar-refractivity contribution is -0.120. The fraction of sp³-hybridized carbons (Fsp3) is 0.364. The van der Waals surface area contributed by atoms with Gasteiger partial charge in [0.2, 0.25) is 5.91 Å². The minimum absolute atomic E-state index is 0.123. The molecule has 2 aromatic carbocycles. The van der Waals surface area contributed by atoms with Crippen molar-refractivity contribution in [2.45, 2.75) is 26.7 Å². The molecule has 1 amide bonds. The van der Waals surface area contributed by atoms with Crippen LogP contribution in [0.25, 0.3) is 0 Å². The lowest BCUT2D eigenvalue weighted by Crippen LogP contribution is -2.24. The molecule has 0 radical (unpaired) electrons. The van der Waals surface area contributed by atoms with E-state index in [1.165, 1.54) is 5.56 Å². The van der Waals surface area contributed by atoms with Gasteiger partial charge in [-0.15, -0.1) is 0 Å². The molecular weight excluding hydrogens is 356 g/mol. The van der Waals surface area contributed by atoms with Gasteiger partial charge >= 0.3 is 0 Å². The Morgan fingerprint density at radius 1 is 1.04 bits per heavy atom. The highest BCUT2D eigenvalue weighted by atomic mass is 16.5. The van der Waals surface area contributed by atoms with Gasteiger partial charge in [-0.1, -0.05) is 23.8 Å². The number of nitrogens with zero attached hydrogens (tertiary/aromatic N) is 1. The molecule has 28 heavy (non-hydrogen) atoms. The topological polar surface area (TPSA) is 80.6 Å². The average molecular weight is 382 g/mol. The second-order valence-electron chi connectivity index (χ2n) is 6.16. The van der Waals surface area contributed by atoms with Gasteiger partial charge in [0.15, 0.2) is 11.5 Å². The molecule has 0 aliphatic heterocycles. The summed E-state index contributed by atoms with van der Waals surface area (Å²) in [5, 5.41) is 11.2. The molecule has 148 valence electrons. The highest BCUT2D eigenvalue weighted by molar-refractivity contribution is 5.77. The predicted molar refractivity (Wildman–Crippen MR) is 107 cm³/mol. The van der Waals surface area contributed by atoms with E-state index in [-0.39, 0.29) is 12.3 Å². The Labute approximate surface area is 166 Å². The van der Waals surface area contributed by atoms with E-state index in [1.807, 2.05) is 62.4 Å². The molecule has 0 fully saturated rings. The van der Waals surface area contributed by atoms with E-state index >= 15 is 0 Å². The van der Waals surface area contributed by atoms with Crippen LogP contribution in [0.4, 0.5) is 0 Å². The second kappa shape index (κ2) is 11.5. The Balaban J connectivity index is 1.84. The van der Waals surface area contributed by atoms with E-state index in [9.17, 15) is 4.79 Å². The van der Waals surface area contributed by atoms with Gasteiger partial charge in [-0.05, 0) is 50.1 Å². The van der Waals surface area contributed by atoms with Crippen molar-refractivity contribution in [2.24, 2.45) is 0 Å². The molecule has 6 nitrogen and oxygen atoms in total. The van der Waals surface area contributed by atoms with E-state index in [1.54, 1.807) is 0 Å². The molecule has 0 unspecified atom stereocenters. The van der Waals surface area contributed by atoms with Crippen LogP contribution in [0.15, 0.2) is 42.5 Å². The van der Waals surface area contributed by atoms with Crippen molar-refractivity contribution < 1.29 is 19.0 Å². The molecule has 2 rings (SSSR count). The van der Waals surface area contributed by atoms with Gasteiger partial charge < -0.3 is 19.5 Å². The Morgan fingerprint density at radius 3 is 2.50 bits per heavy atom. The molecule has 0 atom stereocenters. The van der Waals surface area contributed by atoms with Gasteiger partial charge in [-0.3, -0.25) is 4.79 Å².